The van der Waals surface area contributed by atoms with Crippen molar-refractivity contribution in [3.63, 3.8) is 0 Å². The number of carbonyl (C=O) groups excluding carboxylic acids is 1. The Kier molecular flexibility index (Phi) is 4.25. The molecule has 0 aliphatic heterocycles. The fourth-order valence-corrected chi connectivity index (χ4v) is 2.12. The Balaban J connectivity index is 2.10. The van der Waals surface area contributed by atoms with E-state index in [0.29, 0.717) is 5.56 Å². The van der Waals surface area contributed by atoms with E-state index in [1.165, 1.54) is 5.56 Å². The van der Waals surface area contributed by atoms with Crippen molar-refractivity contribution in [2.45, 2.75) is 20.8 Å². The first-order valence-electron chi connectivity index (χ1n) is 6.39. The van der Waals surface area contributed by atoms with Crippen molar-refractivity contribution in [2.24, 2.45) is 5.10 Å². The predicted molar refractivity (Wildman–Crippen MR) is 80.0 cm³/mol. The average molecular weight is 267 g/mol. The lowest BCUT2D eigenvalue weighted by molar-refractivity contribution is 0.0955. The molecular formula is C16H17N3O. The number of nitrogens with zero attached hydrogens (tertiary/aromatic N) is 2. The van der Waals surface area contributed by atoms with Crippen LogP contribution < -0.4 is 5.43 Å². The minimum atomic E-state index is -0.244. The van der Waals surface area contributed by atoms with E-state index in [0.717, 1.165) is 16.7 Å². The minimum Gasteiger partial charge on any atom is -0.267 e. The normalized spacial score (nSPS) is 10.8. The highest BCUT2D eigenvalue weighted by Crippen LogP contribution is 2.14. The van der Waals surface area contributed by atoms with Crippen LogP contribution in [-0.4, -0.2) is 17.1 Å². The number of rotatable bonds is 3. The van der Waals surface area contributed by atoms with Crippen LogP contribution >= 0.6 is 0 Å². The molecule has 1 N–H and O–H groups in total. The Morgan fingerprint density at radius 1 is 1.15 bits per heavy atom. The topological polar surface area (TPSA) is 54.4 Å². The summed E-state index contributed by atoms with van der Waals surface area (Å²) < 4.78 is 0. The molecule has 1 aromatic carbocycles. The Bertz CT molecular complexity index is 625. The zero-order valence-corrected chi connectivity index (χ0v) is 11.8. The molecule has 4 heteroatoms. The predicted octanol–water partition coefficient (Wildman–Crippen LogP) is 2.77. The molecule has 0 saturated heterocycles. The van der Waals surface area contributed by atoms with Gasteiger partial charge in [-0.1, -0.05) is 17.7 Å². The maximum Gasteiger partial charge on any atom is 0.271 e. The largest absolute Gasteiger partial charge is 0.271 e. The minimum absolute atomic E-state index is 0.244. The lowest BCUT2D eigenvalue weighted by atomic mass is 10.0. The molecule has 0 radical (unpaired) electrons. The first-order chi connectivity index (χ1) is 9.58. The fourth-order valence-electron chi connectivity index (χ4n) is 2.12. The van der Waals surface area contributed by atoms with E-state index in [2.05, 4.69) is 34.6 Å². The summed E-state index contributed by atoms with van der Waals surface area (Å²) in [6.45, 7) is 6.13. The molecule has 1 aromatic heterocycles. The summed E-state index contributed by atoms with van der Waals surface area (Å²) in [5, 5.41) is 4.02. The SMILES string of the molecule is Cc1cc(C)c(/C=N/NC(=O)c2ccncc2)c(C)c1. The molecule has 0 fully saturated rings. The van der Waals surface area contributed by atoms with Crippen LogP contribution in [0.1, 0.15) is 32.6 Å². The number of amides is 1. The standard InChI is InChI=1S/C16H17N3O/c1-11-8-12(2)15(13(3)9-11)10-18-19-16(20)14-4-6-17-7-5-14/h4-10H,1-3H3,(H,19,20)/b18-10+. The Morgan fingerprint density at radius 3 is 2.35 bits per heavy atom. The van der Waals surface area contributed by atoms with E-state index in [9.17, 15) is 4.79 Å². The summed E-state index contributed by atoms with van der Waals surface area (Å²) in [4.78, 5) is 15.7. The van der Waals surface area contributed by atoms with Crippen molar-refractivity contribution in [1.82, 2.24) is 10.4 Å². The van der Waals surface area contributed by atoms with Gasteiger partial charge in [-0.05, 0) is 44.0 Å². The number of pyridine rings is 1. The van der Waals surface area contributed by atoms with Gasteiger partial charge in [0, 0.05) is 23.5 Å². The molecule has 0 aliphatic carbocycles. The van der Waals surface area contributed by atoms with Crippen molar-refractivity contribution in [3.05, 3.63) is 64.5 Å². The third-order valence-electron chi connectivity index (χ3n) is 3.04. The summed E-state index contributed by atoms with van der Waals surface area (Å²) in [5.74, 6) is -0.244. The van der Waals surface area contributed by atoms with Gasteiger partial charge >= 0.3 is 0 Å². The molecular weight excluding hydrogens is 250 g/mol. The van der Waals surface area contributed by atoms with Crippen LogP contribution in [0.2, 0.25) is 0 Å². The molecule has 0 aliphatic rings. The highest BCUT2D eigenvalue weighted by molar-refractivity contribution is 5.94. The number of hydrazone groups is 1. The highest BCUT2D eigenvalue weighted by Gasteiger charge is 2.03. The molecule has 0 spiro atoms. The molecule has 0 bridgehead atoms. The number of hydrogen-bond donors (Lipinski definition) is 1. The second kappa shape index (κ2) is 6.10. The van der Waals surface area contributed by atoms with Gasteiger partial charge < -0.3 is 0 Å². The summed E-state index contributed by atoms with van der Waals surface area (Å²) in [6.07, 6.45) is 4.84. The highest BCUT2D eigenvalue weighted by atomic mass is 16.2. The number of hydrogen-bond acceptors (Lipinski definition) is 3. The van der Waals surface area contributed by atoms with E-state index >= 15 is 0 Å². The van der Waals surface area contributed by atoms with Crippen LogP contribution in [0.5, 0.6) is 0 Å². The molecule has 0 unspecified atom stereocenters. The van der Waals surface area contributed by atoms with Gasteiger partial charge in [-0.25, -0.2) is 5.43 Å². The first-order valence-corrected chi connectivity index (χ1v) is 6.39. The van der Waals surface area contributed by atoms with Gasteiger partial charge in [0.1, 0.15) is 0 Å². The van der Waals surface area contributed by atoms with Gasteiger partial charge in [0.2, 0.25) is 0 Å². The summed E-state index contributed by atoms with van der Waals surface area (Å²) in [7, 11) is 0. The summed E-state index contributed by atoms with van der Waals surface area (Å²) in [5.41, 5.74) is 7.60. The van der Waals surface area contributed by atoms with Gasteiger partial charge in [-0.2, -0.15) is 5.10 Å². The van der Waals surface area contributed by atoms with Crippen LogP contribution in [-0.2, 0) is 0 Å². The van der Waals surface area contributed by atoms with Crippen LogP contribution in [0.25, 0.3) is 0 Å². The van der Waals surface area contributed by atoms with E-state index < -0.39 is 0 Å². The number of nitrogens with one attached hydrogen (secondary N) is 1. The van der Waals surface area contributed by atoms with Crippen molar-refractivity contribution < 1.29 is 4.79 Å². The van der Waals surface area contributed by atoms with Gasteiger partial charge in [-0.3, -0.25) is 9.78 Å². The van der Waals surface area contributed by atoms with Crippen LogP contribution in [0, 0.1) is 20.8 Å². The van der Waals surface area contributed by atoms with Gasteiger partial charge in [0.15, 0.2) is 0 Å². The van der Waals surface area contributed by atoms with E-state index in [4.69, 9.17) is 0 Å². The lowest BCUT2D eigenvalue weighted by Gasteiger charge is -2.06. The zero-order valence-electron chi connectivity index (χ0n) is 11.8. The molecule has 20 heavy (non-hydrogen) atoms. The molecule has 4 nitrogen and oxygen atoms in total. The number of aromatic nitrogens is 1. The van der Waals surface area contributed by atoms with E-state index in [-0.39, 0.29) is 5.91 Å². The molecule has 102 valence electrons. The molecule has 2 rings (SSSR count). The number of benzene rings is 1. The monoisotopic (exact) mass is 267 g/mol. The maximum absolute atomic E-state index is 11.8. The second-order valence-electron chi connectivity index (χ2n) is 4.75. The maximum atomic E-state index is 11.8. The van der Waals surface area contributed by atoms with Crippen LogP contribution in [0.3, 0.4) is 0 Å². The second-order valence-corrected chi connectivity index (χ2v) is 4.75. The number of aryl methyl sites for hydroxylation is 3. The quantitative estimate of drug-likeness (QED) is 0.686. The number of carbonyl (C=O) groups is 1. The Morgan fingerprint density at radius 2 is 1.75 bits per heavy atom. The molecule has 1 amide bonds. The Labute approximate surface area is 118 Å². The molecule has 2 aromatic rings. The van der Waals surface area contributed by atoms with Crippen molar-refractivity contribution in [3.8, 4) is 0 Å². The summed E-state index contributed by atoms with van der Waals surface area (Å²) >= 11 is 0. The van der Waals surface area contributed by atoms with Crippen molar-refractivity contribution in [2.75, 3.05) is 0 Å². The average Bonchev–Trinajstić information content (AvgIpc) is 2.42. The van der Waals surface area contributed by atoms with Crippen LogP contribution in [0.4, 0.5) is 0 Å². The third-order valence-corrected chi connectivity index (χ3v) is 3.04. The van der Waals surface area contributed by atoms with Gasteiger partial charge in [0.25, 0.3) is 5.91 Å². The van der Waals surface area contributed by atoms with Gasteiger partial charge in [-0.15, -0.1) is 0 Å². The third kappa shape index (κ3) is 3.29. The molecule has 1 heterocycles. The lowest BCUT2D eigenvalue weighted by Crippen LogP contribution is -2.17. The van der Waals surface area contributed by atoms with Crippen molar-refractivity contribution >= 4 is 12.1 Å². The molecule has 0 saturated carbocycles. The fraction of sp³-hybridized carbons (Fsp3) is 0.188. The Hall–Kier alpha value is -2.49. The first kappa shape index (κ1) is 13.9. The smallest absolute Gasteiger partial charge is 0.267 e. The van der Waals surface area contributed by atoms with E-state index in [1.54, 1.807) is 30.7 Å². The van der Waals surface area contributed by atoms with Crippen molar-refractivity contribution in [1.29, 1.82) is 0 Å². The van der Waals surface area contributed by atoms with Crippen LogP contribution in [0.15, 0.2) is 41.8 Å². The zero-order chi connectivity index (χ0) is 14.5. The van der Waals surface area contributed by atoms with Gasteiger partial charge in [0.05, 0.1) is 6.21 Å². The molecule has 0 atom stereocenters. The summed E-state index contributed by atoms with van der Waals surface area (Å²) in [6, 6.07) is 7.48. The van der Waals surface area contributed by atoms with E-state index in [1.807, 2.05) is 13.8 Å².